The molecule has 20 heavy (non-hydrogen) atoms. The third-order valence-corrected chi connectivity index (χ3v) is 6.17. The van der Waals surface area contributed by atoms with Gasteiger partial charge in [0.2, 0.25) is 15.5 Å². The minimum absolute atomic E-state index is 0.279. The van der Waals surface area contributed by atoms with Crippen molar-refractivity contribution < 1.29 is 9.59 Å². The molecule has 1 aliphatic carbocycles. The molecule has 2 atom stereocenters. The van der Waals surface area contributed by atoms with Gasteiger partial charge in [-0.05, 0) is 12.8 Å². The van der Waals surface area contributed by atoms with Crippen LogP contribution in [0, 0.1) is 11.8 Å². The van der Waals surface area contributed by atoms with E-state index in [1.54, 1.807) is 0 Å². The van der Waals surface area contributed by atoms with Crippen molar-refractivity contribution in [3.05, 3.63) is 25.3 Å². The molecule has 1 fully saturated rings. The van der Waals surface area contributed by atoms with E-state index in [-0.39, 0.29) is 23.7 Å². The molecule has 0 spiro atoms. The summed E-state index contributed by atoms with van der Waals surface area (Å²) in [5.41, 5.74) is 0. The number of amides is 2. The van der Waals surface area contributed by atoms with E-state index in [0.29, 0.717) is 24.8 Å². The van der Waals surface area contributed by atoms with Crippen LogP contribution in [-0.4, -0.2) is 24.6 Å². The lowest BCUT2D eigenvalue weighted by atomic mass is 9.85. The van der Waals surface area contributed by atoms with E-state index in [4.69, 9.17) is 46.4 Å². The van der Waals surface area contributed by atoms with Crippen molar-refractivity contribution in [2.75, 3.05) is 0 Å². The zero-order valence-corrected chi connectivity index (χ0v) is 14.2. The van der Waals surface area contributed by atoms with Crippen molar-refractivity contribution in [3.8, 4) is 0 Å². The Morgan fingerprint density at radius 3 is 1.90 bits per heavy atom. The van der Waals surface area contributed by atoms with Crippen molar-refractivity contribution in [1.29, 1.82) is 0 Å². The molecule has 1 heterocycles. The first-order valence-corrected chi connectivity index (χ1v) is 8.12. The molecular weight excluding hydrogens is 364 g/mol. The lowest BCUT2D eigenvalue weighted by Gasteiger charge is -2.24. The number of rotatable bonds is 3. The Hall–Kier alpha value is 0.130. The SMILES string of the molecule is C=C.O=C1C2CC=CCC2C(=O)N1SC(Cl)(Cl)C(Cl)Cl. The smallest absolute Gasteiger partial charge is 0.243 e. The number of fused-ring (bicyclic) bond motifs is 1. The molecule has 8 heteroatoms. The number of halogens is 4. The molecule has 0 N–H and O–H groups in total. The van der Waals surface area contributed by atoms with Crippen LogP contribution in [0.15, 0.2) is 25.3 Å². The quantitative estimate of drug-likeness (QED) is 0.318. The number of hydrogen-bond donors (Lipinski definition) is 0. The Balaban J connectivity index is 0.000000956. The van der Waals surface area contributed by atoms with Crippen LogP contribution in [0.5, 0.6) is 0 Å². The normalized spacial score (nSPS) is 25.6. The van der Waals surface area contributed by atoms with E-state index in [0.717, 1.165) is 4.31 Å². The van der Waals surface area contributed by atoms with E-state index in [9.17, 15) is 9.59 Å². The van der Waals surface area contributed by atoms with Crippen LogP contribution in [0.2, 0.25) is 0 Å². The van der Waals surface area contributed by atoms with Gasteiger partial charge in [-0.3, -0.25) is 9.59 Å². The van der Waals surface area contributed by atoms with Crippen LogP contribution in [0.3, 0.4) is 0 Å². The molecule has 2 rings (SSSR count). The average Bonchev–Trinajstić information content (AvgIpc) is 2.66. The molecule has 2 aliphatic rings. The summed E-state index contributed by atoms with van der Waals surface area (Å²) in [7, 11) is 0. The van der Waals surface area contributed by atoms with Gasteiger partial charge in [0, 0.05) is 11.9 Å². The summed E-state index contributed by atoms with van der Waals surface area (Å²) in [5, 5.41) is 0. The molecular formula is C12H13Cl4NO2S. The third kappa shape index (κ3) is 3.66. The number of carbonyl (C=O) groups excluding carboxylic acids is 2. The summed E-state index contributed by atoms with van der Waals surface area (Å²) in [6.45, 7) is 6.00. The summed E-state index contributed by atoms with van der Waals surface area (Å²) in [6, 6.07) is 0. The van der Waals surface area contributed by atoms with Gasteiger partial charge in [0.25, 0.3) is 0 Å². The Morgan fingerprint density at radius 2 is 1.55 bits per heavy atom. The second-order valence-corrected chi connectivity index (χ2v) is 8.20. The van der Waals surface area contributed by atoms with Crippen LogP contribution in [0.4, 0.5) is 0 Å². The van der Waals surface area contributed by atoms with Crippen LogP contribution in [0.25, 0.3) is 0 Å². The number of imide groups is 1. The number of alkyl halides is 4. The molecule has 112 valence electrons. The van der Waals surface area contributed by atoms with Gasteiger partial charge < -0.3 is 0 Å². The van der Waals surface area contributed by atoms with E-state index in [1.807, 2.05) is 12.2 Å². The molecule has 0 aromatic rings. The van der Waals surface area contributed by atoms with Gasteiger partial charge in [0.1, 0.15) is 0 Å². The Kier molecular flexibility index (Phi) is 6.74. The summed E-state index contributed by atoms with van der Waals surface area (Å²) >= 11 is 23.7. The van der Waals surface area contributed by atoms with Gasteiger partial charge in [-0.2, -0.15) is 0 Å². The maximum atomic E-state index is 12.1. The molecule has 0 radical (unpaired) electrons. The highest BCUT2D eigenvalue weighted by Crippen LogP contribution is 2.48. The van der Waals surface area contributed by atoms with E-state index < -0.39 is 8.50 Å². The van der Waals surface area contributed by atoms with Gasteiger partial charge >= 0.3 is 0 Å². The monoisotopic (exact) mass is 375 g/mol. The average molecular weight is 377 g/mol. The standard InChI is InChI=1S/C10H9Cl4NO2S.C2H4/c11-9(12)10(13,14)18-15-7(16)5-3-1-2-4-6(5)8(15)17;1-2/h1-2,5-6,9H,3-4H2;1-2H2. The van der Waals surface area contributed by atoms with Gasteiger partial charge in [-0.25, -0.2) is 4.31 Å². The fourth-order valence-corrected chi connectivity index (χ4v) is 3.45. The van der Waals surface area contributed by atoms with Gasteiger partial charge in [-0.15, -0.1) is 36.4 Å². The van der Waals surface area contributed by atoms with Crippen molar-refractivity contribution in [1.82, 2.24) is 4.31 Å². The Morgan fingerprint density at radius 1 is 1.15 bits per heavy atom. The minimum Gasteiger partial charge on any atom is -0.273 e. The van der Waals surface area contributed by atoms with Crippen LogP contribution in [0.1, 0.15) is 12.8 Å². The van der Waals surface area contributed by atoms with E-state index in [2.05, 4.69) is 13.2 Å². The maximum absolute atomic E-state index is 12.1. The first-order valence-electron chi connectivity index (χ1n) is 5.72. The first-order chi connectivity index (χ1) is 9.34. The lowest BCUT2D eigenvalue weighted by Crippen LogP contribution is -2.31. The second kappa shape index (κ2) is 7.41. The van der Waals surface area contributed by atoms with Crippen LogP contribution < -0.4 is 0 Å². The zero-order valence-electron chi connectivity index (χ0n) is 10.4. The van der Waals surface area contributed by atoms with E-state index >= 15 is 0 Å². The highest BCUT2D eigenvalue weighted by atomic mass is 35.5. The first kappa shape index (κ1) is 18.2. The number of hydrogen-bond acceptors (Lipinski definition) is 3. The summed E-state index contributed by atoms with van der Waals surface area (Å²) in [4.78, 5) is 23.1. The van der Waals surface area contributed by atoms with Crippen molar-refractivity contribution in [3.63, 3.8) is 0 Å². The molecule has 0 saturated carbocycles. The summed E-state index contributed by atoms with van der Waals surface area (Å²) < 4.78 is -0.630. The lowest BCUT2D eigenvalue weighted by molar-refractivity contribution is -0.133. The van der Waals surface area contributed by atoms with Crippen molar-refractivity contribution in [2.24, 2.45) is 11.8 Å². The molecule has 0 aromatic carbocycles. The fraction of sp³-hybridized carbons (Fsp3) is 0.500. The molecule has 2 unspecified atom stereocenters. The molecule has 1 saturated heterocycles. The topological polar surface area (TPSA) is 37.4 Å². The highest BCUT2D eigenvalue weighted by molar-refractivity contribution is 8.02. The maximum Gasteiger partial charge on any atom is 0.243 e. The summed E-state index contributed by atoms with van der Waals surface area (Å²) in [5.74, 6) is -1.19. The van der Waals surface area contributed by atoms with Crippen LogP contribution in [-0.2, 0) is 9.59 Å². The Labute approximate surface area is 142 Å². The fourth-order valence-electron chi connectivity index (χ4n) is 2.02. The van der Waals surface area contributed by atoms with Crippen LogP contribution >= 0.6 is 58.4 Å². The number of nitrogens with zero attached hydrogens (tertiary/aromatic N) is 1. The van der Waals surface area contributed by atoms with E-state index in [1.165, 1.54) is 0 Å². The Bertz CT molecular complexity index is 402. The second-order valence-electron chi connectivity index (χ2n) is 4.08. The predicted octanol–water partition coefficient (Wildman–Crippen LogP) is 4.32. The van der Waals surface area contributed by atoms with Gasteiger partial charge in [0.15, 0.2) is 4.84 Å². The molecule has 0 aromatic heterocycles. The largest absolute Gasteiger partial charge is 0.273 e. The minimum atomic E-state index is -1.63. The summed E-state index contributed by atoms with van der Waals surface area (Å²) in [6.07, 6.45) is 4.94. The predicted molar refractivity (Wildman–Crippen MR) is 86.0 cm³/mol. The number of allylic oxidation sites excluding steroid dienone is 2. The molecule has 2 amide bonds. The van der Waals surface area contributed by atoms with Gasteiger partial charge in [-0.1, -0.05) is 35.4 Å². The molecule has 1 aliphatic heterocycles. The van der Waals surface area contributed by atoms with Crippen molar-refractivity contribution in [2.45, 2.75) is 21.3 Å². The molecule has 0 bridgehead atoms. The van der Waals surface area contributed by atoms with Crippen molar-refractivity contribution >= 4 is 70.2 Å². The number of carbonyl (C=O) groups is 2. The zero-order chi connectivity index (χ0) is 15.5. The van der Waals surface area contributed by atoms with Gasteiger partial charge in [0.05, 0.1) is 11.8 Å². The third-order valence-electron chi connectivity index (χ3n) is 2.93. The highest BCUT2D eigenvalue weighted by Gasteiger charge is 2.51. The molecule has 3 nitrogen and oxygen atoms in total.